The van der Waals surface area contributed by atoms with E-state index in [1.807, 2.05) is 0 Å². The first-order chi connectivity index (χ1) is 6.99. The molecule has 0 unspecified atom stereocenters. The van der Waals surface area contributed by atoms with Crippen molar-refractivity contribution in [2.24, 2.45) is 0 Å². The summed E-state index contributed by atoms with van der Waals surface area (Å²) in [6, 6.07) is 2.04. The van der Waals surface area contributed by atoms with E-state index < -0.39 is 28.9 Å². The number of rotatable bonds is 3. The first-order valence-electron chi connectivity index (χ1n) is 3.82. The number of carboxylic acids is 1. The number of aliphatic carboxylic acids is 1. The summed E-state index contributed by atoms with van der Waals surface area (Å²) >= 11 is 0. The van der Waals surface area contributed by atoms with Crippen LogP contribution in [0.2, 0.25) is 0 Å². The first-order valence-corrected chi connectivity index (χ1v) is 3.82. The summed E-state index contributed by atoms with van der Waals surface area (Å²) in [6.45, 7) is 0. The zero-order valence-electron chi connectivity index (χ0n) is 7.65. The molecule has 6 heteroatoms. The van der Waals surface area contributed by atoms with Crippen LogP contribution in [0.1, 0.15) is 10.4 Å². The summed E-state index contributed by atoms with van der Waals surface area (Å²) in [5.41, 5.74) is -0.610. The molecule has 0 saturated carbocycles. The average molecular weight is 214 g/mol. The molecule has 0 aliphatic rings. The maximum absolute atomic E-state index is 13.2. The van der Waals surface area contributed by atoms with E-state index >= 15 is 0 Å². The van der Waals surface area contributed by atoms with Crippen molar-refractivity contribution in [1.29, 1.82) is 0 Å². The number of ether oxygens (including phenoxy) is 1. The molecule has 0 amide bonds. The van der Waals surface area contributed by atoms with E-state index in [-0.39, 0.29) is 5.75 Å². The van der Waals surface area contributed by atoms with E-state index in [0.717, 1.165) is 12.1 Å². The van der Waals surface area contributed by atoms with Gasteiger partial charge in [0.25, 0.3) is 5.78 Å². The number of aromatic hydroxyl groups is 1. The van der Waals surface area contributed by atoms with Gasteiger partial charge in [-0.25, -0.2) is 4.79 Å². The zero-order valence-corrected chi connectivity index (χ0v) is 7.65. The van der Waals surface area contributed by atoms with Gasteiger partial charge in [-0.05, 0) is 12.1 Å². The standard InChI is InChI=1S/C9H7FO5/c1-15-5-3-2-4(7(11)6(5)10)8(12)9(13)14/h2-3,11H,1H3,(H,13,14). The van der Waals surface area contributed by atoms with Gasteiger partial charge in [0.1, 0.15) is 0 Å². The van der Waals surface area contributed by atoms with Crippen molar-refractivity contribution < 1.29 is 28.9 Å². The molecule has 1 rings (SSSR count). The van der Waals surface area contributed by atoms with Gasteiger partial charge in [0.05, 0.1) is 12.7 Å². The Labute approximate surface area is 83.7 Å². The van der Waals surface area contributed by atoms with E-state index in [1.54, 1.807) is 0 Å². The van der Waals surface area contributed by atoms with Crippen molar-refractivity contribution in [2.45, 2.75) is 0 Å². The van der Waals surface area contributed by atoms with E-state index in [0.29, 0.717) is 0 Å². The van der Waals surface area contributed by atoms with Gasteiger partial charge in [0.15, 0.2) is 11.5 Å². The predicted molar refractivity (Wildman–Crippen MR) is 46.6 cm³/mol. The number of carboxylic acid groups (broad SMARTS) is 1. The van der Waals surface area contributed by atoms with Crippen LogP contribution in [0.5, 0.6) is 11.5 Å². The number of ketones is 1. The lowest BCUT2D eigenvalue weighted by Crippen LogP contribution is -2.13. The van der Waals surface area contributed by atoms with Gasteiger partial charge in [0.2, 0.25) is 5.82 Å². The fourth-order valence-corrected chi connectivity index (χ4v) is 1.00. The second-order valence-corrected chi connectivity index (χ2v) is 2.61. The van der Waals surface area contributed by atoms with E-state index in [2.05, 4.69) is 4.74 Å². The van der Waals surface area contributed by atoms with E-state index in [1.165, 1.54) is 7.11 Å². The van der Waals surface area contributed by atoms with Crippen LogP contribution in [0.15, 0.2) is 12.1 Å². The number of phenols is 1. The van der Waals surface area contributed by atoms with Crippen LogP contribution in [-0.2, 0) is 4.79 Å². The molecule has 0 heterocycles. The van der Waals surface area contributed by atoms with Crippen LogP contribution in [0, 0.1) is 5.82 Å². The molecule has 5 nitrogen and oxygen atoms in total. The lowest BCUT2D eigenvalue weighted by molar-refractivity contribution is -0.131. The van der Waals surface area contributed by atoms with Gasteiger partial charge in [-0.1, -0.05) is 0 Å². The summed E-state index contributed by atoms with van der Waals surface area (Å²) in [5, 5.41) is 17.6. The molecular formula is C9H7FO5. The van der Waals surface area contributed by atoms with Gasteiger partial charge < -0.3 is 14.9 Å². The molecular weight excluding hydrogens is 207 g/mol. The van der Waals surface area contributed by atoms with Crippen molar-refractivity contribution in [3.8, 4) is 11.5 Å². The Morgan fingerprint density at radius 2 is 2.00 bits per heavy atom. The summed E-state index contributed by atoms with van der Waals surface area (Å²) < 4.78 is 17.7. The Hall–Kier alpha value is -2.11. The number of Topliss-reactive ketones (excluding diaryl/α,β-unsaturated/α-hetero) is 1. The van der Waals surface area contributed by atoms with Crippen LogP contribution >= 0.6 is 0 Å². The zero-order chi connectivity index (χ0) is 11.6. The summed E-state index contributed by atoms with van der Waals surface area (Å²) in [6.07, 6.45) is 0. The number of benzene rings is 1. The third kappa shape index (κ3) is 1.88. The van der Waals surface area contributed by atoms with Crippen LogP contribution < -0.4 is 4.74 Å². The Morgan fingerprint density at radius 1 is 1.40 bits per heavy atom. The maximum Gasteiger partial charge on any atom is 0.377 e. The highest BCUT2D eigenvalue weighted by molar-refractivity contribution is 6.40. The van der Waals surface area contributed by atoms with Crippen LogP contribution in [0.3, 0.4) is 0 Å². The molecule has 0 spiro atoms. The third-order valence-electron chi connectivity index (χ3n) is 1.74. The fourth-order valence-electron chi connectivity index (χ4n) is 1.00. The topological polar surface area (TPSA) is 83.8 Å². The van der Waals surface area contributed by atoms with Gasteiger partial charge >= 0.3 is 5.97 Å². The molecule has 0 saturated heterocycles. The molecule has 0 atom stereocenters. The predicted octanol–water partition coefficient (Wildman–Crippen LogP) is 0.807. The molecule has 0 fully saturated rings. The summed E-state index contributed by atoms with van der Waals surface area (Å²) in [4.78, 5) is 21.3. The largest absolute Gasteiger partial charge is 0.504 e. The first kappa shape index (κ1) is 11.0. The molecule has 2 N–H and O–H groups in total. The molecule has 0 radical (unpaired) electrons. The number of hydrogen-bond acceptors (Lipinski definition) is 4. The Kier molecular flexibility index (Phi) is 2.89. The molecule has 1 aromatic carbocycles. The van der Waals surface area contributed by atoms with Crippen molar-refractivity contribution >= 4 is 11.8 Å². The van der Waals surface area contributed by atoms with Crippen molar-refractivity contribution in [2.75, 3.05) is 7.11 Å². The average Bonchev–Trinajstić information content (AvgIpc) is 2.21. The van der Waals surface area contributed by atoms with Crippen LogP contribution in [0.4, 0.5) is 4.39 Å². The fraction of sp³-hybridized carbons (Fsp3) is 0.111. The Morgan fingerprint density at radius 3 is 2.47 bits per heavy atom. The number of carbonyl (C=O) groups is 2. The maximum atomic E-state index is 13.2. The third-order valence-corrected chi connectivity index (χ3v) is 1.74. The lowest BCUT2D eigenvalue weighted by Gasteiger charge is -2.05. The number of methoxy groups -OCH3 is 1. The lowest BCUT2D eigenvalue weighted by atomic mass is 10.1. The highest BCUT2D eigenvalue weighted by atomic mass is 19.1. The van der Waals surface area contributed by atoms with Crippen molar-refractivity contribution in [3.05, 3.63) is 23.5 Å². The second-order valence-electron chi connectivity index (χ2n) is 2.61. The van der Waals surface area contributed by atoms with Crippen LogP contribution in [0.25, 0.3) is 0 Å². The number of carbonyl (C=O) groups excluding carboxylic acids is 1. The van der Waals surface area contributed by atoms with Crippen LogP contribution in [-0.4, -0.2) is 29.1 Å². The molecule has 0 aliphatic heterocycles. The summed E-state index contributed by atoms with van der Waals surface area (Å²) in [5.74, 6) is -5.61. The quantitative estimate of drug-likeness (QED) is 0.574. The minimum Gasteiger partial charge on any atom is -0.504 e. The molecule has 15 heavy (non-hydrogen) atoms. The van der Waals surface area contributed by atoms with Gasteiger partial charge in [-0.15, -0.1) is 0 Å². The van der Waals surface area contributed by atoms with Crippen molar-refractivity contribution in [3.63, 3.8) is 0 Å². The van der Waals surface area contributed by atoms with E-state index in [9.17, 15) is 19.1 Å². The highest BCUT2D eigenvalue weighted by Gasteiger charge is 2.22. The molecule has 80 valence electrons. The van der Waals surface area contributed by atoms with Crippen molar-refractivity contribution in [1.82, 2.24) is 0 Å². The molecule has 1 aromatic rings. The van der Waals surface area contributed by atoms with Gasteiger partial charge in [0, 0.05) is 0 Å². The molecule has 0 bridgehead atoms. The van der Waals surface area contributed by atoms with E-state index in [4.69, 9.17) is 5.11 Å². The van der Waals surface area contributed by atoms with Gasteiger partial charge in [-0.2, -0.15) is 4.39 Å². The SMILES string of the molecule is COc1ccc(C(=O)C(=O)O)c(O)c1F. The molecule has 0 aromatic heterocycles. The molecule has 0 aliphatic carbocycles. The summed E-state index contributed by atoms with van der Waals surface area (Å²) in [7, 11) is 1.18. The number of phenolic OH excluding ortho intramolecular Hbond substituents is 1. The number of hydrogen-bond donors (Lipinski definition) is 2. The Bertz CT molecular complexity index is 427. The van der Waals surface area contributed by atoms with Gasteiger partial charge in [-0.3, -0.25) is 4.79 Å². The minimum atomic E-state index is -1.77. The minimum absolute atomic E-state index is 0.269. The smallest absolute Gasteiger partial charge is 0.377 e. The number of halogens is 1. The normalized spacial score (nSPS) is 9.73. The second kappa shape index (κ2) is 3.95. The monoisotopic (exact) mass is 214 g/mol. The Balaban J connectivity index is 3.29. The highest BCUT2D eigenvalue weighted by Crippen LogP contribution is 2.29.